The molecule has 0 fully saturated rings. The van der Waals surface area contributed by atoms with Gasteiger partial charge in [0.05, 0.1) is 0 Å². The number of hydrogen-bond acceptors (Lipinski definition) is 4. The van der Waals surface area contributed by atoms with Crippen molar-refractivity contribution in [2.75, 3.05) is 0 Å². The number of alkyl carbamates (subject to hydrolysis) is 1. The number of esters is 1. The summed E-state index contributed by atoms with van der Waals surface area (Å²) in [4.78, 5) is 24.6. The molecule has 1 amide bonds. The highest BCUT2D eigenvalue weighted by Crippen LogP contribution is 2.32. The topological polar surface area (TPSA) is 64.6 Å². The summed E-state index contributed by atoms with van der Waals surface area (Å²) < 4.78 is 39.3. The molecular weight excluding hydrogens is 416 g/mol. The van der Waals surface area contributed by atoms with Gasteiger partial charge in [0, 0.05) is 5.92 Å². The van der Waals surface area contributed by atoms with E-state index in [0.717, 1.165) is 0 Å². The third-order valence-electron chi connectivity index (χ3n) is 4.97. The molecule has 2 aromatic rings. The highest BCUT2D eigenvalue weighted by Gasteiger charge is 2.29. The highest BCUT2D eigenvalue weighted by molar-refractivity contribution is 5.81. The first-order valence-corrected chi connectivity index (χ1v) is 10.5. The molecule has 174 valence electrons. The quantitative estimate of drug-likeness (QED) is 0.589. The fraction of sp³-hybridized carbons (Fsp3) is 0.440. The first kappa shape index (κ1) is 25.3. The maximum Gasteiger partial charge on any atom is 0.408 e. The fourth-order valence-electron chi connectivity index (χ4n) is 3.24. The standard InChI is InChI=1S/C25H31F2NO4/c1-14-8-10-18(12-20(14)26)22(19-11-9-15(2)21(27)13-19)17(4)31-23(29)16(3)28-24(30)32-25(5,6)7/h8-13,16-17,22H,1-7H3,(H,28,30)/t16-,17-/m0/s1. The predicted octanol–water partition coefficient (Wildman–Crippen LogP) is 5.56. The van der Waals surface area contributed by atoms with Crippen molar-refractivity contribution in [3.05, 3.63) is 70.3 Å². The summed E-state index contributed by atoms with van der Waals surface area (Å²) in [5, 5.41) is 2.44. The molecule has 0 aliphatic heterocycles. The molecule has 0 radical (unpaired) electrons. The second kappa shape index (κ2) is 10.1. The van der Waals surface area contributed by atoms with Crippen LogP contribution in [0, 0.1) is 25.5 Å². The third kappa shape index (κ3) is 6.77. The SMILES string of the molecule is Cc1ccc(C(c2ccc(C)c(F)c2)[C@H](C)OC(=O)[C@H](C)NC(=O)OC(C)(C)C)cc1F. The number of aryl methyl sites for hydroxylation is 2. The summed E-state index contributed by atoms with van der Waals surface area (Å²) in [5.41, 5.74) is 1.33. The van der Waals surface area contributed by atoms with E-state index < -0.39 is 47.4 Å². The van der Waals surface area contributed by atoms with Crippen LogP contribution in [-0.4, -0.2) is 29.8 Å². The molecule has 1 N–H and O–H groups in total. The first-order valence-electron chi connectivity index (χ1n) is 10.5. The van der Waals surface area contributed by atoms with Crippen LogP contribution < -0.4 is 5.32 Å². The summed E-state index contributed by atoms with van der Waals surface area (Å²) in [6.07, 6.45) is -1.51. The predicted molar refractivity (Wildman–Crippen MR) is 119 cm³/mol. The van der Waals surface area contributed by atoms with Crippen LogP contribution in [0.2, 0.25) is 0 Å². The third-order valence-corrected chi connectivity index (χ3v) is 4.97. The van der Waals surface area contributed by atoms with E-state index in [9.17, 15) is 18.4 Å². The van der Waals surface area contributed by atoms with E-state index in [1.807, 2.05) is 0 Å². The second-order valence-corrected chi connectivity index (χ2v) is 9.00. The number of carbonyl (C=O) groups excluding carboxylic acids is 2. The van der Waals surface area contributed by atoms with Gasteiger partial charge in [0.2, 0.25) is 0 Å². The van der Waals surface area contributed by atoms with Crippen molar-refractivity contribution < 1.29 is 27.8 Å². The van der Waals surface area contributed by atoms with E-state index in [1.54, 1.807) is 65.8 Å². The Morgan fingerprint density at radius 2 is 1.38 bits per heavy atom. The maximum atomic E-state index is 14.3. The Morgan fingerprint density at radius 3 is 1.78 bits per heavy atom. The Labute approximate surface area is 188 Å². The monoisotopic (exact) mass is 447 g/mol. The molecule has 0 saturated heterocycles. The molecule has 0 aromatic heterocycles. The van der Waals surface area contributed by atoms with Gasteiger partial charge in [-0.2, -0.15) is 0 Å². The van der Waals surface area contributed by atoms with E-state index in [-0.39, 0.29) is 0 Å². The zero-order valence-corrected chi connectivity index (χ0v) is 19.6. The molecular formula is C25H31F2NO4. The fourth-order valence-corrected chi connectivity index (χ4v) is 3.24. The van der Waals surface area contributed by atoms with Crippen LogP contribution >= 0.6 is 0 Å². The number of ether oxygens (including phenoxy) is 2. The molecule has 2 rings (SSSR count). The number of rotatable bonds is 6. The molecule has 0 aliphatic carbocycles. The summed E-state index contributed by atoms with van der Waals surface area (Å²) in [5.74, 6) is -2.11. The van der Waals surface area contributed by atoms with Gasteiger partial charge in [0.15, 0.2) is 0 Å². The van der Waals surface area contributed by atoms with Gasteiger partial charge in [0.25, 0.3) is 0 Å². The highest BCUT2D eigenvalue weighted by atomic mass is 19.1. The Morgan fingerprint density at radius 1 is 0.906 bits per heavy atom. The van der Waals surface area contributed by atoms with Gasteiger partial charge in [-0.3, -0.25) is 0 Å². The summed E-state index contributed by atoms with van der Waals surface area (Å²) in [6.45, 7) is 11.6. The number of amides is 1. The maximum absolute atomic E-state index is 14.3. The van der Waals surface area contributed by atoms with Gasteiger partial charge in [-0.15, -0.1) is 0 Å². The molecule has 0 unspecified atom stereocenters. The van der Waals surface area contributed by atoms with Crippen molar-refractivity contribution in [1.82, 2.24) is 5.32 Å². The van der Waals surface area contributed by atoms with Crippen molar-refractivity contribution in [3.8, 4) is 0 Å². The lowest BCUT2D eigenvalue weighted by Crippen LogP contribution is -2.43. The van der Waals surface area contributed by atoms with E-state index in [4.69, 9.17) is 9.47 Å². The average Bonchev–Trinajstić information content (AvgIpc) is 2.66. The summed E-state index contributed by atoms with van der Waals surface area (Å²) in [6, 6.07) is 8.47. The normalized spacial score (nSPS) is 13.4. The minimum absolute atomic E-state index is 0.404. The summed E-state index contributed by atoms with van der Waals surface area (Å²) in [7, 11) is 0. The molecule has 0 aliphatic rings. The lowest BCUT2D eigenvalue weighted by Gasteiger charge is -2.27. The van der Waals surface area contributed by atoms with Crippen LogP contribution in [0.4, 0.5) is 13.6 Å². The zero-order valence-electron chi connectivity index (χ0n) is 19.6. The Bertz CT molecular complexity index is 933. The van der Waals surface area contributed by atoms with E-state index in [1.165, 1.54) is 19.1 Å². The smallest absolute Gasteiger partial charge is 0.408 e. The van der Waals surface area contributed by atoms with Gasteiger partial charge in [-0.1, -0.05) is 24.3 Å². The number of halogens is 2. The summed E-state index contributed by atoms with van der Waals surface area (Å²) >= 11 is 0. The van der Waals surface area contributed by atoms with Crippen LogP contribution in [0.1, 0.15) is 62.8 Å². The minimum Gasteiger partial charge on any atom is -0.460 e. The molecule has 0 saturated carbocycles. The number of nitrogens with one attached hydrogen (secondary N) is 1. The van der Waals surface area contributed by atoms with Crippen LogP contribution in [0.5, 0.6) is 0 Å². The van der Waals surface area contributed by atoms with Crippen molar-refractivity contribution in [2.45, 2.75) is 72.1 Å². The van der Waals surface area contributed by atoms with E-state index in [0.29, 0.717) is 22.3 Å². The van der Waals surface area contributed by atoms with Crippen LogP contribution in [0.25, 0.3) is 0 Å². The van der Waals surface area contributed by atoms with Crippen molar-refractivity contribution in [3.63, 3.8) is 0 Å². The molecule has 2 atom stereocenters. The molecule has 0 heterocycles. The molecule has 7 heteroatoms. The first-order chi connectivity index (χ1) is 14.8. The van der Waals surface area contributed by atoms with Crippen molar-refractivity contribution in [1.29, 1.82) is 0 Å². The Balaban J connectivity index is 2.27. The van der Waals surface area contributed by atoms with Gasteiger partial charge in [-0.25, -0.2) is 18.4 Å². The molecule has 5 nitrogen and oxygen atoms in total. The van der Waals surface area contributed by atoms with E-state index in [2.05, 4.69) is 5.32 Å². The minimum atomic E-state index is -0.975. The molecule has 32 heavy (non-hydrogen) atoms. The number of carbonyl (C=O) groups is 2. The second-order valence-electron chi connectivity index (χ2n) is 9.00. The van der Waals surface area contributed by atoms with Gasteiger partial charge < -0.3 is 14.8 Å². The molecule has 2 aromatic carbocycles. The Hall–Kier alpha value is -2.96. The molecule has 0 spiro atoms. The van der Waals surface area contributed by atoms with Gasteiger partial charge in [0.1, 0.15) is 29.4 Å². The number of hydrogen-bond donors (Lipinski definition) is 1. The lowest BCUT2D eigenvalue weighted by atomic mass is 9.86. The van der Waals surface area contributed by atoms with Crippen LogP contribution in [0.15, 0.2) is 36.4 Å². The van der Waals surface area contributed by atoms with Gasteiger partial charge in [-0.05, 0) is 82.9 Å². The average molecular weight is 448 g/mol. The Kier molecular flexibility index (Phi) is 7.99. The zero-order chi connectivity index (χ0) is 24.2. The van der Waals surface area contributed by atoms with Crippen LogP contribution in [-0.2, 0) is 14.3 Å². The lowest BCUT2D eigenvalue weighted by molar-refractivity contribution is -0.150. The molecule has 0 bridgehead atoms. The number of benzene rings is 2. The van der Waals surface area contributed by atoms with Crippen molar-refractivity contribution >= 4 is 12.1 Å². The van der Waals surface area contributed by atoms with Crippen LogP contribution in [0.3, 0.4) is 0 Å². The van der Waals surface area contributed by atoms with E-state index >= 15 is 0 Å². The van der Waals surface area contributed by atoms with Gasteiger partial charge >= 0.3 is 12.1 Å². The largest absolute Gasteiger partial charge is 0.460 e. The van der Waals surface area contributed by atoms with Crippen molar-refractivity contribution in [2.24, 2.45) is 0 Å².